The molecule has 2 N–H and O–H groups in total. The first-order valence-electron chi connectivity index (χ1n) is 5.74. The standard InChI is InChI=1S/C13H15ClN2/c1-7-4-8(2-3-11(7)14)13(15)12-9-5-16-6-10(9)12/h2-4,9-10,12,15-16H,5-6H2,1H3. The van der Waals surface area contributed by atoms with E-state index < -0.39 is 0 Å². The van der Waals surface area contributed by atoms with E-state index in [-0.39, 0.29) is 0 Å². The average molecular weight is 235 g/mol. The number of benzene rings is 1. The Morgan fingerprint density at radius 3 is 2.69 bits per heavy atom. The number of hydrogen-bond donors (Lipinski definition) is 2. The average Bonchev–Trinajstić information content (AvgIpc) is 2.74. The Morgan fingerprint density at radius 2 is 2.06 bits per heavy atom. The fraction of sp³-hybridized carbons (Fsp3) is 0.462. The molecule has 0 amide bonds. The Hall–Kier alpha value is -0.860. The fourth-order valence-electron chi connectivity index (χ4n) is 2.85. The van der Waals surface area contributed by atoms with Gasteiger partial charge in [0.25, 0.3) is 0 Å². The van der Waals surface area contributed by atoms with Gasteiger partial charge in [-0.2, -0.15) is 0 Å². The minimum Gasteiger partial charge on any atom is -0.316 e. The van der Waals surface area contributed by atoms with Crippen LogP contribution in [0.15, 0.2) is 18.2 Å². The highest BCUT2D eigenvalue weighted by Gasteiger charge is 2.54. The van der Waals surface area contributed by atoms with E-state index in [0.29, 0.717) is 17.8 Å². The first-order valence-corrected chi connectivity index (χ1v) is 6.12. The molecule has 2 atom stereocenters. The van der Waals surface area contributed by atoms with E-state index >= 15 is 0 Å². The number of fused-ring (bicyclic) bond motifs is 1. The largest absolute Gasteiger partial charge is 0.316 e. The molecule has 1 saturated heterocycles. The molecule has 3 heteroatoms. The zero-order chi connectivity index (χ0) is 11.3. The maximum Gasteiger partial charge on any atom is 0.0435 e. The summed E-state index contributed by atoms with van der Waals surface area (Å²) in [4.78, 5) is 0. The summed E-state index contributed by atoms with van der Waals surface area (Å²) in [7, 11) is 0. The molecule has 1 aromatic carbocycles. The molecule has 3 rings (SSSR count). The normalized spacial score (nSPS) is 31.2. The molecular weight excluding hydrogens is 220 g/mol. The molecule has 1 saturated carbocycles. The second-order valence-electron chi connectivity index (χ2n) is 4.89. The zero-order valence-electron chi connectivity index (χ0n) is 9.26. The predicted molar refractivity (Wildman–Crippen MR) is 66.4 cm³/mol. The Labute approximate surface area is 101 Å². The molecule has 16 heavy (non-hydrogen) atoms. The highest BCUT2D eigenvalue weighted by Crippen LogP contribution is 2.50. The molecule has 2 fully saturated rings. The van der Waals surface area contributed by atoms with E-state index in [9.17, 15) is 0 Å². The highest BCUT2D eigenvalue weighted by molar-refractivity contribution is 6.31. The lowest BCUT2D eigenvalue weighted by Crippen LogP contribution is -2.19. The van der Waals surface area contributed by atoms with Crippen molar-refractivity contribution < 1.29 is 0 Å². The van der Waals surface area contributed by atoms with Crippen LogP contribution in [-0.2, 0) is 0 Å². The van der Waals surface area contributed by atoms with Crippen LogP contribution in [0.1, 0.15) is 11.1 Å². The summed E-state index contributed by atoms with van der Waals surface area (Å²) in [6, 6.07) is 5.91. The fourth-order valence-corrected chi connectivity index (χ4v) is 2.97. The van der Waals surface area contributed by atoms with Gasteiger partial charge in [-0.25, -0.2) is 0 Å². The second kappa shape index (κ2) is 3.57. The topological polar surface area (TPSA) is 35.9 Å². The van der Waals surface area contributed by atoms with Gasteiger partial charge in [-0.15, -0.1) is 0 Å². The van der Waals surface area contributed by atoms with Gasteiger partial charge in [-0.05, 0) is 55.1 Å². The van der Waals surface area contributed by atoms with E-state index in [1.807, 2.05) is 25.1 Å². The molecule has 2 unspecified atom stereocenters. The van der Waals surface area contributed by atoms with Crippen molar-refractivity contribution in [3.63, 3.8) is 0 Å². The summed E-state index contributed by atoms with van der Waals surface area (Å²) in [5.74, 6) is 1.91. The Bertz CT molecular complexity index is 445. The maximum absolute atomic E-state index is 8.24. The summed E-state index contributed by atoms with van der Waals surface area (Å²) in [6.07, 6.45) is 0. The van der Waals surface area contributed by atoms with Crippen LogP contribution in [0.5, 0.6) is 0 Å². The van der Waals surface area contributed by atoms with Gasteiger partial charge in [0.1, 0.15) is 0 Å². The monoisotopic (exact) mass is 234 g/mol. The maximum atomic E-state index is 8.24. The van der Waals surface area contributed by atoms with Crippen molar-refractivity contribution in [3.05, 3.63) is 34.3 Å². The lowest BCUT2D eigenvalue weighted by molar-refractivity contribution is 0.684. The number of nitrogens with one attached hydrogen (secondary N) is 2. The van der Waals surface area contributed by atoms with Crippen LogP contribution in [0.4, 0.5) is 0 Å². The lowest BCUT2D eigenvalue weighted by atomic mass is 10.0. The Kier molecular flexibility index (Phi) is 2.30. The minimum absolute atomic E-state index is 0.488. The molecule has 1 aliphatic carbocycles. The first kappa shape index (κ1) is 10.3. The first-order chi connectivity index (χ1) is 7.68. The van der Waals surface area contributed by atoms with Gasteiger partial charge in [0.2, 0.25) is 0 Å². The van der Waals surface area contributed by atoms with Crippen LogP contribution in [0.25, 0.3) is 0 Å². The van der Waals surface area contributed by atoms with Crippen molar-refractivity contribution in [3.8, 4) is 0 Å². The summed E-state index contributed by atoms with van der Waals surface area (Å²) in [6.45, 7) is 4.17. The Morgan fingerprint density at radius 1 is 1.38 bits per heavy atom. The van der Waals surface area contributed by atoms with Gasteiger partial charge in [0.05, 0.1) is 0 Å². The molecule has 1 aliphatic heterocycles. The van der Waals surface area contributed by atoms with Crippen LogP contribution >= 0.6 is 11.6 Å². The lowest BCUT2D eigenvalue weighted by Gasteiger charge is -2.08. The van der Waals surface area contributed by atoms with E-state index in [4.69, 9.17) is 17.0 Å². The third-order valence-corrected chi connectivity index (χ3v) is 4.32. The molecule has 0 radical (unpaired) electrons. The molecule has 1 aromatic rings. The van der Waals surface area contributed by atoms with E-state index in [1.165, 1.54) is 0 Å². The molecule has 1 heterocycles. The third-order valence-electron chi connectivity index (χ3n) is 3.89. The highest BCUT2D eigenvalue weighted by atomic mass is 35.5. The summed E-state index contributed by atoms with van der Waals surface area (Å²) >= 11 is 6.00. The van der Waals surface area contributed by atoms with Crippen molar-refractivity contribution in [1.82, 2.24) is 5.32 Å². The van der Waals surface area contributed by atoms with Gasteiger partial charge >= 0.3 is 0 Å². The van der Waals surface area contributed by atoms with Crippen molar-refractivity contribution in [2.75, 3.05) is 13.1 Å². The Balaban J connectivity index is 1.82. The number of rotatable bonds is 2. The summed E-state index contributed by atoms with van der Waals surface area (Å²) in [5.41, 5.74) is 2.91. The van der Waals surface area contributed by atoms with Crippen LogP contribution < -0.4 is 5.32 Å². The molecule has 0 bridgehead atoms. The molecule has 84 valence electrons. The van der Waals surface area contributed by atoms with Crippen molar-refractivity contribution >= 4 is 17.3 Å². The van der Waals surface area contributed by atoms with E-state index in [2.05, 4.69) is 5.32 Å². The zero-order valence-corrected chi connectivity index (χ0v) is 10.0. The molecule has 0 spiro atoms. The number of halogens is 1. The van der Waals surface area contributed by atoms with Crippen molar-refractivity contribution in [1.29, 1.82) is 5.41 Å². The molecule has 0 aromatic heterocycles. The summed E-state index contributed by atoms with van der Waals surface area (Å²) < 4.78 is 0. The van der Waals surface area contributed by atoms with Gasteiger partial charge in [0, 0.05) is 16.7 Å². The SMILES string of the molecule is Cc1cc(C(=N)C2C3CNCC32)ccc1Cl. The van der Waals surface area contributed by atoms with E-state index in [0.717, 1.165) is 35.0 Å². The van der Waals surface area contributed by atoms with Gasteiger partial charge in [0.15, 0.2) is 0 Å². The van der Waals surface area contributed by atoms with Crippen LogP contribution in [0.3, 0.4) is 0 Å². The minimum atomic E-state index is 0.488. The van der Waals surface area contributed by atoms with E-state index in [1.54, 1.807) is 0 Å². The number of aryl methyl sites for hydroxylation is 1. The van der Waals surface area contributed by atoms with Crippen molar-refractivity contribution in [2.45, 2.75) is 6.92 Å². The van der Waals surface area contributed by atoms with Crippen LogP contribution in [0.2, 0.25) is 5.02 Å². The molecule has 2 nitrogen and oxygen atoms in total. The smallest absolute Gasteiger partial charge is 0.0435 e. The summed E-state index contributed by atoms with van der Waals surface area (Å²) in [5, 5.41) is 12.4. The quantitative estimate of drug-likeness (QED) is 0.758. The molecular formula is C13H15ClN2. The predicted octanol–water partition coefficient (Wildman–Crippen LogP) is 2.48. The van der Waals surface area contributed by atoms with Crippen LogP contribution in [-0.4, -0.2) is 18.8 Å². The number of piperidine rings is 1. The van der Waals surface area contributed by atoms with Gasteiger partial charge < -0.3 is 10.7 Å². The van der Waals surface area contributed by atoms with Gasteiger partial charge in [-0.1, -0.05) is 17.7 Å². The second-order valence-corrected chi connectivity index (χ2v) is 5.30. The van der Waals surface area contributed by atoms with Gasteiger partial charge in [-0.3, -0.25) is 0 Å². The molecule has 2 aliphatic rings. The third kappa shape index (κ3) is 1.48. The van der Waals surface area contributed by atoms with Crippen molar-refractivity contribution in [2.24, 2.45) is 17.8 Å². The van der Waals surface area contributed by atoms with Crippen LogP contribution in [0, 0.1) is 30.1 Å². The number of hydrogen-bond acceptors (Lipinski definition) is 2.